The van der Waals surface area contributed by atoms with E-state index >= 15 is 0 Å². The van der Waals surface area contributed by atoms with Crippen molar-refractivity contribution in [3.8, 4) is 5.75 Å². The van der Waals surface area contributed by atoms with Gasteiger partial charge in [-0.25, -0.2) is 9.79 Å². The Labute approximate surface area is 192 Å². The van der Waals surface area contributed by atoms with Crippen molar-refractivity contribution in [1.29, 1.82) is 0 Å². The van der Waals surface area contributed by atoms with Crippen LogP contribution >= 0.6 is 22.7 Å². The second-order valence-corrected chi connectivity index (χ2v) is 8.99. The van der Waals surface area contributed by atoms with Gasteiger partial charge in [-0.2, -0.15) is 0 Å². The summed E-state index contributed by atoms with van der Waals surface area (Å²) in [4.78, 5) is 32.6. The topological polar surface area (TPSA) is 79.1 Å². The van der Waals surface area contributed by atoms with Crippen molar-refractivity contribution in [2.45, 2.75) is 13.0 Å². The van der Waals surface area contributed by atoms with E-state index in [4.69, 9.17) is 14.2 Å². The molecule has 1 unspecified atom stereocenters. The number of carbonyl (C=O) groups is 1. The Morgan fingerprint density at radius 3 is 2.62 bits per heavy atom. The number of carbonyl (C=O) groups excluding carboxylic acids is 1. The lowest BCUT2D eigenvalue weighted by atomic mass is 9.96. The number of nitrogens with zero attached hydrogens (tertiary/aromatic N) is 2. The molecule has 9 heteroatoms. The van der Waals surface area contributed by atoms with Gasteiger partial charge in [-0.15, -0.1) is 11.3 Å². The third kappa shape index (κ3) is 4.32. The molecular formula is C23H22N2O5S2. The van der Waals surface area contributed by atoms with Gasteiger partial charge in [0.2, 0.25) is 0 Å². The molecule has 3 aromatic rings. The minimum atomic E-state index is -0.655. The standard InChI is InChI=1S/C23H22N2O5S2/c1-14-19(22(27)30-11-10-28-2)20(15-6-8-16(29-3)9-7-15)25-21(26)18(32-23(25)24-14)13-17-5-4-12-31-17/h4-9,12-13,20H,10-11H2,1-3H3/b18-13+. The molecule has 0 fully saturated rings. The fourth-order valence-electron chi connectivity index (χ4n) is 3.48. The van der Waals surface area contributed by atoms with Gasteiger partial charge in [-0.3, -0.25) is 9.36 Å². The van der Waals surface area contributed by atoms with Gasteiger partial charge in [0.05, 0.1) is 35.6 Å². The first-order valence-electron chi connectivity index (χ1n) is 9.89. The minimum absolute atomic E-state index is 0.115. The molecule has 0 bridgehead atoms. The molecule has 166 valence electrons. The van der Waals surface area contributed by atoms with Gasteiger partial charge in [0.15, 0.2) is 4.80 Å². The monoisotopic (exact) mass is 470 g/mol. The molecule has 2 aromatic heterocycles. The van der Waals surface area contributed by atoms with Crippen molar-refractivity contribution >= 4 is 34.7 Å². The zero-order valence-corrected chi connectivity index (χ0v) is 19.5. The molecule has 32 heavy (non-hydrogen) atoms. The first-order chi connectivity index (χ1) is 15.5. The molecule has 0 aliphatic carbocycles. The fourth-order valence-corrected chi connectivity index (χ4v) is 5.25. The summed E-state index contributed by atoms with van der Waals surface area (Å²) in [5, 5.41) is 1.96. The van der Waals surface area contributed by atoms with Crippen molar-refractivity contribution in [2.24, 2.45) is 4.99 Å². The van der Waals surface area contributed by atoms with Crippen molar-refractivity contribution < 1.29 is 19.0 Å². The maximum atomic E-state index is 13.4. The van der Waals surface area contributed by atoms with Gasteiger partial charge < -0.3 is 14.2 Å². The first kappa shape index (κ1) is 22.2. The lowest BCUT2D eigenvalue weighted by Gasteiger charge is -2.25. The third-order valence-electron chi connectivity index (χ3n) is 5.01. The lowest BCUT2D eigenvalue weighted by Crippen LogP contribution is -2.40. The van der Waals surface area contributed by atoms with E-state index in [1.807, 2.05) is 35.7 Å². The average Bonchev–Trinajstić information content (AvgIpc) is 3.41. The summed E-state index contributed by atoms with van der Waals surface area (Å²) in [6.45, 7) is 2.16. The summed E-state index contributed by atoms with van der Waals surface area (Å²) >= 11 is 2.86. The average molecular weight is 471 g/mol. The highest BCUT2D eigenvalue weighted by molar-refractivity contribution is 7.11. The Morgan fingerprint density at radius 1 is 1.19 bits per heavy atom. The number of methoxy groups -OCH3 is 2. The molecule has 3 heterocycles. The largest absolute Gasteiger partial charge is 0.497 e. The first-order valence-corrected chi connectivity index (χ1v) is 11.6. The Balaban J connectivity index is 1.88. The van der Waals surface area contributed by atoms with Crippen LogP contribution < -0.4 is 19.6 Å². The molecule has 0 radical (unpaired) electrons. The second kappa shape index (κ2) is 9.64. The highest BCUT2D eigenvalue weighted by Crippen LogP contribution is 2.31. The number of ether oxygens (including phenoxy) is 3. The highest BCUT2D eigenvalue weighted by atomic mass is 32.1. The molecule has 1 aliphatic rings. The van der Waals surface area contributed by atoms with Crippen LogP contribution in [0.5, 0.6) is 5.75 Å². The van der Waals surface area contributed by atoms with E-state index < -0.39 is 12.0 Å². The molecule has 1 atom stereocenters. The van der Waals surface area contributed by atoms with Gasteiger partial charge >= 0.3 is 5.97 Å². The minimum Gasteiger partial charge on any atom is -0.497 e. The quantitative estimate of drug-likeness (QED) is 0.392. The lowest BCUT2D eigenvalue weighted by molar-refractivity contribution is -0.140. The van der Waals surface area contributed by atoms with Crippen molar-refractivity contribution in [3.63, 3.8) is 0 Å². The van der Waals surface area contributed by atoms with E-state index in [0.29, 0.717) is 26.4 Å². The molecule has 4 rings (SSSR count). The van der Waals surface area contributed by atoms with Crippen LogP contribution in [0.2, 0.25) is 0 Å². The summed E-state index contributed by atoms with van der Waals surface area (Å²) in [6, 6.07) is 10.5. The Morgan fingerprint density at radius 2 is 1.97 bits per heavy atom. The molecular weight excluding hydrogens is 448 g/mol. The van der Waals surface area contributed by atoms with Gasteiger partial charge in [-0.05, 0) is 42.1 Å². The predicted molar refractivity (Wildman–Crippen MR) is 124 cm³/mol. The van der Waals surface area contributed by atoms with Gasteiger partial charge in [0, 0.05) is 12.0 Å². The zero-order chi connectivity index (χ0) is 22.7. The third-order valence-corrected chi connectivity index (χ3v) is 6.81. The Bertz CT molecular complexity index is 1320. The summed E-state index contributed by atoms with van der Waals surface area (Å²) in [5.74, 6) is 0.167. The summed E-state index contributed by atoms with van der Waals surface area (Å²) in [6.07, 6.45) is 1.86. The molecule has 7 nitrogen and oxygen atoms in total. The smallest absolute Gasteiger partial charge is 0.338 e. The van der Waals surface area contributed by atoms with Crippen LogP contribution in [0.4, 0.5) is 0 Å². The van der Waals surface area contributed by atoms with E-state index in [-0.39, 0.29) is 18.8 Å². The molecule has 1 aromatic carbocycles. The van der Waals surface area contributed by atoms with Crippen LogP contribution in [-0.4, -0.2) is 38.0 Å². The number of benzene rings is 1. The van der Waals surface area contributed by atoms with E-state index in [2.05, 4.69) is 4.99 Å². The number of thiophene rings is 1. The number of hydrogen-bond donors (Lipinski definition) is 0. The van der Waals surface area contributed by atoms with Crippen molar-refractivity contribution in [3.05, 3.63) is 83.2 Å². The Hall–Kier alpha value is -3.01. The molecule has 0 saturated carbocycles. The van der Waals surface area contributed by atoms with Crippen LogP contribution in [0, 0.1) is 0 Å². The number of thiazole rings is 1. The van der Waals surface area contributed by atoms with E-state index in [1.54, 1.807) is 42.1 Å². The number of fused-ring (bicyclic) bond motifs is 1. The van der Waals surface area contributed by atoms with E-state index in [9.17, 15) is 9.59 Å². The summed E-state index contributed by atoms with van der Waals surface area (Å²) in [5.41, 5.74) is 1.43. The number of rotatable bonds is 7. The molecule has 0 saturated heterocycles. The summed E-state index contributed by atoms with van der Waals surface area (Å²) in [7, 11) is 3.13. The summed E-state index contributed by atoms with van der Waals surface area (Å²) < 4.78 is 17.8. The number of allylic oxidation sites excluding steroid dienone is 1. The van der Waals surface area contributed by atoms with Crippen molar-refractivity contribution in [1.82, 2.24) is 4.57 Å². The van der Waals surface area contributed by atoms with Gasteiger partial charge in [-0.1, -0.05) is 29.5 Å². The Kier molecular flexibility index (Phi) is 6.69. The molecule has 0 spiro atoms. The van der Waals surface area contributed by atoms with Gasteiger partial charge in [0.25, 0.3) is 5.56 Å². The maximum absolute atomic E-state index is 13.4. The second-order valence-electron chi connectivity index (χ2n) is 7.00. The SMILES string of the molecule is COCCOC(=O)C1=C(C)N=c2s/c(=C/c3cccs3)c(=O)n2C1c1ccc(OC)cc1. The number of hydrogen-bond acceptors (Lipinski definition) is 8. The maximum Gasteiger partial charge on any atom is 0.338 e. The van der Waals surface area contributed by atoms with Gasteiger partial charge in [0.1, 0.15) is 12.4 Å². The van der Waals surface area contributed by atoms with Crippen LogP contribution in [0.1, 0.15) is 23.4 Å². The van der Waals surface area contributed by atoms with Crippen LogP contribution in [0.25, 0.3) is 6.08 Å². The molecule has 0 amide bonds. The molecule has 1 aliphatic heterocycles. The van der Waals surface area contributed by atoms with E-state index in [1.165, 1.54) is 18.4 Å². The van der Waals surface area contributed by atoms with Crippen LogP contribution in [0.3, 0.4) is 0 Å². The van der Waals surface area contributed by atoms with Crippen molar-refractivity contribution in [2.75, 3.05) is 27.4 Å². The van der Waals surface area contributed by atoms with Crippen LogP contribution in [0.15, 0.2) is 62.8 Å². The fraction of sp³-hybridized carbons (Fsp3) is 0.261. The predicted octanol–water partition coefficient (Wildman–Crippen LogP) is 2.49. The highest BCUT2D eigenvalue weighted by Gasteiger charge is 2.33. The normalized spacial score (nSPS) is 16.0. The molecule has 0 N–H and O–H groups in total. The van der Waals surface area contributed by atoms with Crippen LogP contribution in [-0.2, 0) is 14.3 Å². The van der Waals surface area contributed by atoms with E-state index in [0.717, 1.165) is 10.4 Å². The number of aromatic nitrogens is 1. The zero-order valence-electron chi connectivity index (χ0n) is 17.9. The number of esters is 1.